The maximum Gasteiger partial charge on any atom is 0.123 e. The zero-order valence-corrected chi connectivity index (χ0v) is 13.4. The lowest BCUT2D eigenvalue weighted by Crippen LogP contribution is -2.37. The fourth-order valence-electron chi connectivity index (χ4n) is 3.21. The summed E-state index contributed by atoms with van der Waals surface area (Å²) in [4.78, 5) is 0. The standard InChI is InChI=1S/C18H29FN2/c1-14-12-17(19)8-7-16(14)9-11-20-15(2)13-18-6-4-3-5-10-21-18/h7-8,12,15,18,20-21H,3-6,9-11,13H2,1-2H3. The van der Waals surface area contributed by atoms with E-state index in [1.165, 1.54) is 44.2 Å². The highest BCUT2D eigenvalue weighted by molar-refractivity contribution is 5.26. The van der Waals surface area contributed by atoms with Crippen molar-refractivity contribution >= 4 is 0 Å². The lowest BCUT2D eigenvalue weighted by molar-refractivity contribution is 0.404. The van der Waals surface area contributed by atoms with Crippen molar-refractivity contribution in [3.63, 3.8) is 0 Å². The van der Waals surface area contributed by atoms with Gasteiger partial charge in [-0.25, -0.2) is 4.39 Å². The summed E-state index contributed by atoms with van der Waals surface area (Å²) in [6.45, 7) is 6.38. The fraction of sp³-hybridized carbons (Fsp3) is 0.667. The van der Waals surface area contributed by atoms with Crippen LogP contribution in [0.15, 0.2) is 18.2 Å². The highest BCUT2D eigenvalue weighted by atomic mass is 19.1. The first-order valence-corrected chi connectivity index (χ1v) is 8.37. The van der Waals surface area contributed by atoms with Crippen molar-refractivity contribution in [2.24, 2.45) is 0 Å². The molecule has 1 aliphatic rings. The Hall–Kier alpha value is -0.930. The van der Waals surface area contributed by atoms with E-state index in [2.05, 4.69) is 17.6 Å². The molecule has 2 unspecified atom stereocenters. The summed E-state index contributed by atoms with van der Waals surface area (Å²) in [5, 5.41) is 7.26. The van der Waals surface area contributed by atoms with Crippen LogP contribution in [0.5, 0.6) is 0 Å². The minimum atomic E-state index is -0.142. The van der Waals surface area contributed by atoms with Crippen molar-refractivity contribution in [3.8, 4) is 0 Å². The minimum Gasteiger partial charge on any atom is -0.314 e. The van der Waals surface area contributed by atoms with Crippen molar-refractivity contribution in [1.82, 2.24) is 10.6 Å². The second-order valence-corrected chi connectivity index (χ2v) is 6.41. The Balaban J connectivity index is 1.69. The molecule has 1 aromatic rings. The number of nitrogens with one attached hydrogen (secondary N) is 2. The van der Waals surface area contributed by atoms with Gasteiger partial charge >= 0.3 is 0 Å². The topological polar surface area (TPSA) is 24.1 Å². The molecular formula is C18H29FN2. The molecule has 2 N–H and O–H groups in total. The molecule has 1 saturated heterocycles. The number of hydrogen-bond donors (Lipinski definition) is 2. The van der Waals surface area contributed by atoms with Crippen LogP contribution in [0.1, 0.15) is 50.2 Å². The van der Waals surface area contributed by atoms with Gasteiger partial charge in [0.15, 0.2) is 0 Å². The van der Waals surface area contributed by atoms with Crippen LogP contribution in [0.25, 0.3) is 0 Å². The monoisotopic (exact) mass is 292 g/mol. The Kier molecular flexibility index (Phi) is 6.65. The van der Waals surface area contributed by atoms with Gasteiger partial charge in [0.2, 0.25) is 0 Å². The van der Waals surface area contributed by atoms with Gasteiger partial charge < -0.3 is 10.6 Å². The molecule has 0 saturated carbocycles. The largest absolute Gasteiger partial charge is 0.314 e. The molecule has 1 heterocycles. The summed E-state index contributed by atoms with van der Waals surface area (Å²) in [5.74, 6) is -0.142. The summed E-state index contributed by atoms with van der Waals surface area (Å²) < 4.78 is 13.1. The highest BCUT2D eigenvalue weighted by Gasteiger charge is 2.14. The van der Waals surface area contributed by atoms with E-state index in [1.54, 1.807) is 12.1 Å². The Bertz CT molecular complexity index is 425. The Morgan fingerprint density at radius 1 is 1.33 bits per heavy atom. The molecule has 3 heteroatoms. The van der Waals surface area contributed by atoms with Gasteiger partial charge in [-0.2, -0.15) is 0 Å². The minimum absolute atomic E-state index is 0.142. The number of hydrogen-bond acceptors (Lipinski definition) is 2. The van der Waals surface area contributed by atoms with Gasteiger partial charge in [0.25, 0.3) is 0 Å². The summed E-state index contributed by atoms with van der Waals surface area (Å²) in [6.07, 6.45) is 7.52. The Labute approximate surface area is 128 Å². The van der Waals surface area contributed by atoms with Gasteiger partial charge in [-0.15, -0.1) is 0 Å². The van der Waals surface area contributed by atoms with E-state index in [4.69, 9.17) is 0 Å². The van der Waals surface area contributed by atoms with E-state index in [9.17, 15) is 4.39 Å². The van der Waals surface area contributed by atoms with Crippen molar-refractivity contribution in [2.75, 3.05) is 13.1 Å². The van der Waals surface area contributed by atoms with Crippen LogP contribution in [0.2, 0.25) is 0 Å². The van der Waals surface area contributed by atoms with Crippen LogP contribution in [-0.2, 0) is 6.42 Å². The molecule has 0 aromatic heterocycles. The van der Waals surface area contributed by atoms with E-state index >= 15 is 0 Å². The van der Waals surface area contributed by atoms with Crippen LogP contribution in [0.4, 0.5) is 4.39 Å². The molecule has 0 bridgehead atoms. The molecule has 0 radical (unpaired) electrons. The predicted molar refractivity (Wildman–Crippen MR) is 87.2 cm³/mol. The second kappa shape index (κ2) is 8.50. The highest BCUT2D eigenvalue weighted by Crippen LogP contribution is 2.13. The average molecular weight is 292 g/mol. The lowest BCUT2D eigenvalue weighted by Gasteiger charge is -2.21. The number of halogens is 1. The summed E-state index contributed by atoms with van der Waals surface area (Å²) in [7, 11) is 0. The quantitative estimate of drug-likeness (QED) is 0.837. The van der Waals surface area contributed by atoms with Crippen molar-refractivity contribution in [1.29, 1.82) is 0 Å². The zero-order valence-electron chi connectivity index (χ0n) is 13.4. The molecule has 0 spiro atoms. The smallest absolute Gasteiger partial charge is 0.123 e. The first-order valence-electron chi connectivity index (χ1n) is 8.37. The van der Waals surface area contributed by atoms with E-state index in [0.717, 1.165) is 18.5 Å². The molecule has 1 aliphatic heterocycles. The van der Waals surface area contributed by atoms with Gasteiger partial charge in [-0.05, 0) is 75.9 Å². The molecule has 2 nitrogen and oxygen atoms in total. The van der Waals surface area contributed by atoms with E-state index in [0.29, 0.717) is 12.1 Å². The first kappa shape index (κ1) is 16.4. The molecule has 1 aromatic carbocycles. The molecule has 2 atom stereocenters. The summed E-state index contributed by atoms with van der Waals surface area (Å²) >= 11 is 0. The van der Waals surface area contributed by atoms with E-state index in [-0.39, 0.29) is 5.82 Å². The SMILES string of the molecule is Cc1cc(F)ccc1CCNC(C)CC1CCCCCN1. The number of benzene rings is 1. The van der Waals surface area contributed by atoms with Crippen LogP contribution in [0, 0.1) is 12.7 Å². The molecule has 2 rings (SSSR count). The normalized spacial score (nSPS) is 21.0. The third-order valence-electron chi connectivity index (χ3n) is 4.49. The van der Waals surface area contributed by atoms with Crippen LogP contribution in [-0.4, -0.2) is 25.2 Å². The zero-order chi connectivity index (χ0) is 15.1. The number of aryl methyl sites for hydroxylation is 1. The lowest BCUT2D eigenvalue weighted by atomic mass is 10.0. The predicted octanol–water partition coefficient (Wildman–Crippen LogP) is 3.58. The molecule has 118 valence electrons. The Morgan fingerprint density at radius 2 is 2.19 bits per heavy atom. The van der Waals surface area contributed by atoms with E-state index in [1.807, 2.05) is 13.0 Å². The van der Waals surface area contributed by atoms with Crippen LogP contribution >= 0.6 is 0 Å². The molecule has 1 fully saturated rings. The van der Waals surface area contributed by atoms with Crippen LogP contribution < -0.4 is 10.6 Å². The van der Waals surface area contributed by atoms with E-state index < -0.39 is 0 Å². The molecule has 0 aliphatic carbocycles. The first-order chi connectivity index (χ1) is 10.1. The van der Waals surface area contributed by atoms with Gasteiger partial charge in [0.05, 0.1) is 0 Å². The van der Waals surface area contributed by atoms with Crippen molar-refractivity contribution in [3.05, 3.63) is 35.1 Å². The molecule has 0 amide bonds. The summed E-state index contributed by atoms with van der Waals surface area (Å²) in [6, 6.07) is 6.28. The van der Waals surface area contributed by atoms with Gasteiger partial charge in [-0.3, -0.25) is 0 Å². The van der Waals surface area contributed by atoms with Gasteiger partial charge in [-0.1, -0.05) is 18.9 Å². The van der Waals surface area contributed by atoms with Crippen molar-refractivity contribution < 1.29 is 4.39 Å². The Morgan fingerprint density at radius 3 is 3.00 bits per heavy atom. The maximum atomic E-state index is 13.1. The van der Waals surface area contributed by atoms with Gasteiger partial charge in [0.1, 0.15) is 5.82 Å². The molecular weight excluding hydrogens is 263 g/mol. The van der Waals surface area contributed by atoms with Gasteiger partial charge in [0, 0.05) is 12.1 Å². The fourth-order valence-corrected chi connectivity index (χ4v) is 3.21. The molecule has 21 heavy (non-hydrogen) atoms. The second-order valence-electron chi connectivity index (χ2n) is 6.41. The van der Waals surface area contributed by atoms with Crippen LogP contribution in [0.3, 0.4) is 0 Å². The summed E-state index contributed by atoms with van der Waals surface area (Å²) in [5.41, 5.74) is 2.29. The van der Waals surface area contributed by atoms with Crippen molar-refractivity contribution in [2.45, 2.75) is 64.5 Å². The third kappa shape index (κ3) is 5.76. The number of rotatable bonds is 6. The third-order valence-corrected chi connectivity index (χ3v) is 4.49. The average Bonchev–Trinajstić information content (AvgIpc) is 2.70. The maximum absolute atomic E-state index is 13.1.